The van der Waals surface area contributed by atoms with E-state index >= 15 is 0 Å². The maximum atomic E-state index is 11.6. The molecule has 0 aliphatic carbocycles. The van der Waals surface area contributed by atoms with E-state index in [1.165, 1.54) is 12.5 Å². The fourth-order valence-corrected chi connectivity index (χ4v) is 1.71. The van der Waals surface area contributed by atoms with Crippen LogP contribution in [0.15, 0.2) is 53.3 Å². The van der Waals surface area contributed by atoms with Crippen LogP contribution < -0.4 is 10.6 Å². The lowest BCUT2D eigenvalue weighted by Gasteiger charge is -2.10. The number of aliphatic hydroxyl groups excluding tert-OH is 1. The first-order valence-electron chi connectivity index (χ1n) is 6.47. The summed E-state index contributed by atoms with van der Waals surface area (Å²) in [5.74, 6) is -1.52. The number of hydrogen-bond donors (Lipinski definition) is 3. The first-order valence-corrected chi connectivity index (χ1v) is 6.47. The third-order valence-electron chi connectivity index (χ3n) is 2.89. The second kappa shape index (κ2) is 7.25. The Labute approximate surface area is 121 Å². The van der Waals surface area contributed by atoms with Crippen LogP contribution in [0.25, 0.3) is 0 Å². The Kier molecular flexibility index (Phi) is 5.11. The molecular formula is C15H16N2O4. The molecule has 1 aromatic heterocycles. The maximum absolute atomic E-state index is 11.6. The molecule has 3 N–H and O–H groups in total. The minimum absolute atomic E-state index is 0.0584. The second-order valence-corrected chi connectivity index (χ2v) is 4.45. The smallest absolute Gasteiger partial charge is 0.309 e. The third-order valence-corrected chi connectivity index (χ3v) is 2.89. The van der Waals surface area contributed by atoms with Crippen molar-refractivity contribution in [1.29, 1.82) is 0 Å². The predicted octanol–water partition coefficient (Wildman–Crippen LogP) is 0.746. The molecule has 1 atom stereocenters. The Morgan fingerprint density at radius 1 is 1.10 bits per heavy atom. The van der Waals surface area contributed by atoms with Gasteiger partial charge in [-0.2, -0.15) is 0 Å². The van der Waals surface area contributed by atoms with Crippen LogP contribution in [0.4, 0.5) is 0 Å². The molecule has 0 saturated heterocycles. The SMILES string of the molecule is O=C(NCc1ccccc1)C(=O)NC[C@H](O)c1ccoc1. The Bertz CT molecular complexity index is 581. The van der Waals surface area contributed by atoms with E-state index in [2.05, 4.69) is 10.6 Å². The quantitative estimate of drug-likeness (QED) is 0.708. The molecular weight excluding hydrogens is 272 g/mol. The van der Waals surface area contributed by atoms with Crippen molar-refractivity contribution in [3.63, 3.8) is 0 Å². The largest absolute Gasteiger partial charge is 0.472 e. The molecule has 2 amide bonds. The van der Waals surface area contributed by atoms with Crippen LogP contribution >= 0.6 is 0 Å². The van der Waals surface area contributed by atoms with Crippen molar-refractivity contribution < 1.29 is 19.1 Å². The summed E-state index contributed by atoms with van der Waals surface area (Å²) >= 11 is 0. The summed E-state index contributed by atoms with van der Waals surface area (Å²) in [6, 6.07) is 10.9. The lowest BCUT2D eigenvalue weighted by Crippen LogP contribution is -2.41. The molecule has 0 aliphatic heterocycles. The van der Waals surface area contributed by atoms with Gasteiger partial charge in [-0.1, -0.05) is 30.3 Å². The van der Waals surface area contributed by atoms with Gasteiger partial charge in [0.15, 0.2) is 0 Å². The summed E-state index contributed by atoms with van der Waals surface area (Å²) in [6.45, 7) is 0.217. The molecule has 0 fully saturated rings. The Morgan fingerprint density at radius 3 is 2.48 bits per heavy atom. The summed E-state index contributed by atoms with van der Waals surface area (Å²) < 4.78 is 4.83. The van der Waals surface area contributed by atoms with Crippen LogP contribution in [-0.2, 0) is 16.1 Å². The number of amides is 2. The summed E-state index contributed by atoms with van der Waals surface area (Å²) in [5, 5.41) is 14.6. The minimum atomic E-state index is -0.908. The number of hydrogen-bond acceptors (Lipinski definition) is 4. The van der Waals surface area contributed by atoms with Crippen LogP contribution in [0, 0.1) is 0 Å². The number of rotatable bonds is 5. The van der Waals surface area contributed by atoms with Crippen molar-refractivity contribution in [1.82, 2.24) is 10.6 Å². The number of furan rings is 1. The van der Waals surface area contributed by atoms with Gasteiger partial charge >= 0.3 is 11.8 Å². The molecule has 2 aromatic rings. The van der Waals surface area contributed by atoms with Crippen LogP contribution in [0.2, 0.25) is 0 Å². The van der Waals surface area contributed by atoms with Gasteiger partial charge in [0.2, 0.25) is 0 Å². The predicted molar refractivity (Wildman–Crippen MR) is 75.0 cm³/mol. The van der Waals surface area contributed by atoms with Crippen LogP contribution in [-0.4, -0.2) is 23.5 Å². The van der Waals surface area contributed by atoms with Gasteiger partial charge in [0, 0.05) is 18.7 Å². The van der Waals surface area contributed by atoms with E-state index in [9.17, 15) is 14.7 Å². The number of carbonyl (C=O) groups excluding carboxylic acids is 2. The molecule has 1 aromatic carbocycles. The molecule has 21 heavy (non-hydrogen) atoms. The number of carbonyl (C=O) groups is 2. The van der Waals surface area contributed by atoms with Crippen molar-refractivity contribution in [2.75, 3.05) is 6.54 Å². The van der Waals surface area contributed by atoms with Crippen LogP contribution in [0.1, 0.15) is 17.2 Å². The molecule has 0 radical (unpaired) electrons. The average Bonchev–Trinajstić information content (AvgIpc) is 3.05. The summed E-state index contributed by atoms with van der Waals surface area (Å²) in [5.41, 5.74) is 1.44. The lowest BCUT2D eigenvalue weighted by atomic mass is 10.2. The standard InChI is InChI=1S/C15H16N2O4/c18-13(12-6-7-21-10-12)9-17-15(20)14(19)16-8-11-4-2-1-3-5-11/h1-7,10,13,18H,8-9H2,(H,16,19)(H,17,20)/t13-/m0/s1. The highest BCUT2D eigenvalue weighted by atomic mass is 16.3. The van der Waals surface area contributed by atoms with E-state index in [0.717, 1.165) is 5.56 Å². The Hall–Kier alpha value is -2.60. The van der Waals surface area contributed by atoms with E-state index in [4.69, 9.17) is 4.42 Å². The molecule has 0 bridgehead atoms. The highest BCUT2D eigenvalue weighted by Gasteiger charge is 2.15. The molecule has 2 rings (SSSR count). The minimum Gasteiger partial charge on any atom is -0.472 e. The molecule has 6 nitrogen and oxygen atoms in total. The Balaban J connectivity index is 1.74. The number of benzene rings is 1. The number of aliphatic hydroxyl groups is 1. The van der Waals surface area contributed by atoms with E-state index < -0.39 is 17.9 Å². The van der Waals surface area contributed by atoms with Crippen molar-refractivity contribution in [3.8, 4) is 0 Å². The Morgan fingerprint density at radius 2 is 1.81 bits per heavy atom. The normalized spacial score (nSPS) is 11.7. The fraction of sp³-hybridized carbons (Fsp3) is 0.200. The van der Waals surface area contributed by atoms with Gasteiger partial charge in [-0.05, 0) is 11.6 Å². The third kappa shape index (κ3) is 4.47. The van der Waals surface area contributed by atoms with Crippen molar-refractivity contribution in [2.24, 2.45) is 0 Å². The maximum Gasteiger partial charge on any atom is 0.309 e. The van der Waals surface area contributed by atoms with Gasteiger partial charge in [-0.25, -0.2) is 0 Å². The summed E-state index contributed by atoms with van der Waals surface area (Å²) in [7, 11) is 0. The van der Waals surface area contributed by atoms with Gasteiger partial charge in [0.1, 0.15) is 0 Å². The van der Waals surface area contributed by atoms with E-state index in [-0.39, 0.29) is 13.1 Å². The molecule has 0 saturated carbocycles. The summed E-state index contributed by atoms with van der Waals surface area (Å²) in [6.07, 6.45) is 1.90. The van der Waals surface area contributed by atoms with Crippen molar-refractivity contribution in [3.05, 3.63) is 60.1 Å². The van der Waals surface area contributed by atoms with Crippen molar-refractivity contribution >= 4 is 11.8 Å². The van der Waals surface area contributed by atoms with Crippen LogP contribution in [0.3, 0.4) is 0 Å². The first kappa shape index (κ1) is 14.8. The zero-order valence-corrected chi connectivity index (χ0v) is 11.3. The summed E-state index contributed by atoms with van der Waals surface area (Å²) in [4.78, 5) is 23.2. The van der Waals surface area contributed by atoms with Gasteiger partial charge in [-0.3, -0.25) is 9.59 Å². The average molecular weight is 288 g/mol. The highest BCUT2D eigenvalue weighted by Crippen LogP contribution is 2.11. The topological polar surface area (TPSA) is 91.6 Å². The highest BCUT2D eigenvalue weighted by molar-refractivity contribution is 6.35. The van der Waals surface area contributed by atoms with Crippen molar-refractivity contribution in [2.45, 2.75) is 12.6 Å². The fourth-order valence-electron chi connectivity index (χ4n) is 1.71. The first-order chi connectivity index (χ1) is 10.2. The van der Waals surface area contributed by atoms with E-state index in [1.807, 2.05) is 30.3 Å². The molecule has 1 heterocycles. The zero-order valence-electron chi connectivity index (χ0n) is 11.3. The molecule has 6 heteroatoms. The molecule has 0 unspecified atom stereocenters. The number of nitrogens with one attached hydrogen (secondary N) is 2. The van der Waals surface area contributed by atoms with Gasteiger partial charge < -0.3 is 20.2 Å². The second-order valence-electron chi connectivity index (χ2n) is 4.45. The van der Waals surface area contributed by atoms with E-state index in [0.29, 0.717) is 5.56 Å². The molecule has 110 valence electrons. The van der Waals surface area contributed by atoms with Crippen LogP contribution in [0.5, 0.6) is 0 Å². The molecule has 0 aliphatic rings. The zero-order chi connectivity index (χ0) is 15.1. The monoisotopic (exact) mass is 288 g/mol. The van der Waals surface area contributed by atoms with Gasteiger partial charge in [-0.15, -0.1) is 0 Å². The lowest BCUT2D eigenvalue weighted by molar-refractivity contribution is -0.139. The van der Waals surface area contributed by atoms with Gasteiger partial charge in [0.05, 0.1) is 18.6 Å². The van der Waals surface area contributed by atoms with E-state index in [1.54, 1.807) is 6.07 Å². The molecule has 0 spiro atoms. The van der Waals surface area contributed by atoms with Gasteiger partial charge in [0.25, 0.3) is 0 Å².